The summed E-state index contributed by atoms with van der Waals surface area (Å²) in [6, 6.07) is -1.04. The van der Waals surface area contributed by atoms with E-state index >= 15 is 0 Å². The molecule has 17 atom stereocenters. The molecule has 0 aliphatic carbocycles. The number of ether oxygens (including phenoxy) is 6. The first-order chi connectivity index (χ1) is 44.8. The molecule has 0 radical (unpaired) electrons. The molecule has 3 saturated heterocycles. The fourth-order valence-corrected chi connectivity index (χ4v) is 11.4. The van der Waals surface area contributed by atoms with Crippen LogP contribution in [-0.2, 0) is 33.2 Å². The molecule has 3 heterocycles. The van der Waals surface area contributed by atoms with Gasteiger partial charge in [0.1, 0.15) is 73.2 Å². The van der Waals surface area contributed by atoms with Crippen molar-refractivity contribution in [3.63, 3.8) is 0 Å². The largest absolute Gasteiger partial charge is 0.394 e. The second-order valence-electron chi connectivity index (χ2n) is 25.0. The van der Waals surface area contributed by atoms with Crippen LogP contribution >= 0.6 is 0 Å². The highest BCUT2D eigenvalue weighted by molar-refractivity contribution is 5.76. The predicted molar refractivity (Wildman–Crippen MR) is 360 cm³/mol. The number of unbranched alkanes of at least 4 members (excludes halogenated alkanes) is 23. The van der Waals surface area contributed by atoms with E-state index in [9.17, 15) is 61.0 Å². The standard InChI is InChI=1S/C73H125NO18/c1-3-5-7-9-11-13-15-17-19-21-23-24-25-26-27-28-29-30-31-33-34-36-38-40-42-44-46-48-50-57(78)56(74-61(79)51-49-47-45-43-41-39-37-35-32-22-20-18-16-14-12-10-8-6-4-2)55-87-71-67(85)64(82)69(59(53-76)89-71)92-73-68(86)65(83)70(60(54-77)90-73)91-72-66(84)63(81)62(80)58(52-75)88-72/h6,8,12,14,18,20,32,35,39-42,45,47-48,50,56-60,62-73,75-78,80-86H,3-5,7,9-11,13,15-17,19,21-31,33-34,36-38,43-44,46,49,51-55H2,1-2H3,(H,74,79)/b8-6-,14-12-,20-18-,35-32-,41-39-,42-40+,47-45-,50-48+. The summed E-state index contributed by atoms with van der Waals surface area (Å²) in [6.45, 7) is 1.55. The molecule has 0 saturated carbocycles. The molecular formula is C73H125NO18. The number of rotatable bonds is 53. The highest BCUT2D eigenvalue weighted by Crippen LogP contribution is 2.33. The second kappa shape index (κ2) is 53.8. The lowest BCUT2D eigenvalue weighted by Gasteiger charge is -2.48. The summed E-state index contributed by atoms with van der Waals surface area (Å²) >= 11 is 0. The van der Waals surface area contributed by atoms with Crippen LogP contribution in [0.2, 0.25) is 0 Å². The predicted octanol–water partition coefficient (Wildman–Crippen LogP) is 9.66. The Balaban J connectivity index is 1.46. The van der Waals surface area contributed by atoms with Crippen LogP contribution in [0.5, 0.6) is 0 Å². The molecule has 3 rings (SSSR count). The van der Waals surface area contributed by atoms with Crippen molar-refractivity contribution in [1.29, 1.82) is 0 Å². The molecule has 3 aliphatic heterocycles. The third kappa shape index (κ3) is 35.1. The third-order valence-electron chi connectivity index (χ3n) is 17.1. The van der Waals surface area contributed by atoms with Gasteiger partial charge >= 0.3 is 0 Å². The van der Waals surface area contributed by atoms with E-state index in [0.717, 1.165) is 51.4 Å². The van der Waals surface area contributed by atoms with Crippen LogP contribution in [0.1, 0.15) is 226 Å². The van der Waals surface area contributed by atoms with Crippen LogP contribution in [0.3, 0.4) is 0 Å². The van der Waals surface area contributed by atoms with Gasteiger partial charge in [-0.1, -0.05) is 246 Å². The summed E-state index contributed by atoms with van der Waals surface area (Å²) in [5.74, 6) is -0.369. The Labute approximate surface area is 552 Å². The Bertz CT molecular complexity index is 2040. The molecule has 3 aliphatic rings. The topological polar surface area (TPSA) is 307 Å². The molecule has 530 valence electrons. The Morgan fingerprint density at radius 3 is 1.21 bits per heavy atom. The average molecular weight is 1300 g/mol. The molecule has 0 aromatic rings. The van der Waals surface area contributed by atoms with Gasteiger partial charge in [0.15, 0.2) is 18.9 Å². The number of allylic oxidation sites excluding steroid dienone is 15. The number of hydrogen-bond donors (Lipinski definition) is 12. The maximum Gasteiger partial charge on any atom is 0.220 e. The molecule has 12 N–H and O–H groups in total. The van der Waals surface area contributed by atoms with E-state index in [2.05, 4.69) is 92.1 Å². The SMILES string of the molecule is CC/C=C\C/C=C\C/C=C\C/C=C\C/C=C\C/C=C\CCC(=O)NC(COC1OC(CO)C(OC2OC(CO)C(OC3OC(CO)C(O)C(O)C3O)C(O)C2O)C(O)C1O)C(O)/C=C/CC/C=C/CCCCCCCCCCCCCCCCCCCCCCCC. The molecule has 19 nitrogen and oxygen atoms in total. The smallest absolute Gasteiger partial charge is 0.220 e. The molecule has 0 bridgehead atoms. The van der Waals surface area contributed by atoms with Gasteiger partial charge in [-0.2, -0.15) is 0 Å². The van der Waals surface area contributed by atoms with Crippen LogP contribution < -0.4 is 5.32 Å². The first-order valence-electron chi connectivity index (χ1n) is 35.5. The van der Waals surface area contributed by atoms with Gasteiger partial charge in [0.25, 0.3) is 0 Å². The van der Waals surface area contributed by atoms with Crippen molar-refractivity contribution in [3.05, 3.63) is 97.2 Å². The Morgan fingerprint density at radius 1 is 0.402 bits per heavy atom. The molecule has 1 amide bonds. The van der Waals surface area contributed by atoms with Gasteiger partial charge < -0.3 is 89.9 Å². The summed E-state index contributed by atoms with van der Waals surface area (Å²) < 4.78 is 34.3. The van der Waals surface area contributed by atoms with Gasteiger partial charge in [-0.3, -0.25) is 4.79 Å². The molecule has 0 aromatic carbocycles. The lowest BCUT2D eigenvalue weighted by Crippen LogP contribution is -2.66. The third-order valence-corrected chi connectivity index (χ3v) is 17.1. The number of aliphatic hydroxyl groups excluding tert-OH is 11. The quantitative estimate of drug-likeness (QED) is 0.0199. The van der Waals surface area contributed by atoms with Crippen molar-refractivity contribution in [2.24, 2.45) is 0 Å². The van der Waals surface area contributed by atoms with Crippen LogP contribution in [0, 0.1) is 0 Å². The number of carbonyl (C=O) groups excluding carboxylic acids is 1. The van der Waals surface area contributed by atoms with Crippen molar-refractivity contribution in [2.45, 2.75) is 330 Å². The zero-order chi connectivity index (χ0) is 66.8. The Hall–Kier alpha value is -3.29. The zero-order valence-electron chi connectivity index (χ0n) is 56.0. The monoisotopic (exact) mass is 1300 g/mol. The molecule has 0 spiro atoms. The summed E-state index contributed by atoms with van der Waals surface area (Å²) in [7, 11) is 0. The first kappa shape index (κ1) is 82.9. The average Bonchev–Trinajstić information content (AvgIpc) is 0.855. The van der Waals surface area contributed by atoms with Crippen molar-refractivity contribution in [2.75, 3.05) is 26.4 Å². The van der Waals surface area contributed by atoms with Gasteiger partial charge in [-0.25, -0.2) is 0 Å². The van der Waals surface area contributed by atoms with Crippen LogP contribution in [0.25, 0.3) is 0 Å². The van der Waals surface area contributed by atoms with Crippen molar-refractivity contribution in [3.8, 4) is 0 Å². The van der Waals surface area contributed by atoms with E-state index in [1.54, 1.807) is 6.08 Å². The lowest BCUT2D eigenvalue weighted by molar-refractivity contribution is -0.379. The second-order valence-corrected chi connectivity index (χ2v) is 25.0. The number of aliphatic hydroxyl groups is 11. The summed E-state index contributed by atoms with van der Waals surface area (Å²) in [5.41, 5.74) is 0. The van der Waals surface area contributed by atoms with E-state index in [1.807, 2.05) is 18.2 Å². The Morgan fingerprint density at radius 2 is 0.761 bits per heavy atom. The minimum absolute atomic E-state index is 0.105. The first-order valence-corrected chi connectivity index (χ1v) is 35.5. The van der Waals surface area contributed by atoms with Crippen molar-refractivity contribution < 1.29 is 89.4 Å². The van der Waals surface area contributed by atoms with E-state index in [4.69, 9.17) is 28.4 Å². The van der Waals surface area contributed by atoms with Gasteiger partial charge in [0, 0.05) is 6.42 Å². The van der Waals surface area contributed by atoms with E-state index in [-0.39, 0.29) is 12.3 Å². The van der Waals surface area contributed by atoms with Gasteiger partial charge in [0.2, 0.25) is 5.91 Å². The fourth-order valence-electron chi connectivity index (χ4n) is 11.4. The van der Waals surface area contributed by atoms with E-state index in [1.165, 1.54) is 135 Å². The molecule has 3 fully saturated rings. The van der Waals surface area contributed by atoms with E-state index < -0.39 is 131 Å². The van der Waals surface area contributed by atoms with Gasteiger partial charge in [-0.15, -0.1) is 0 Å². The van der Waals surface area contributed by atoms with Crippen molar-refractivity contribution in [1.82, 2.24) is 5.32 Å². The van der Waals surface area contributed by atoms with Crippen LogP contribution in [0.4, 0.5) is 0 Å². The number of amides is 1. The van der Waals surface area contributed by atoms with Gasteiger partial charge in [-0.05, 0) is 70.6 Å². The summed E-state index contributed by atoms with van der Waals surface area (Å²) in [4.78, 5) is 13.4. The van der Waals surface area contributed by atoms with E-state index in [0.29, 0.717) is 19.3 Å². The Kier molecular flexibility index (Phi) is 48.5. The van der Waals surface area contributed by atoms with Crippen LogP contribution in [-0.4, -0.2) is 193 Å². The minimum atomic E-state index is -1.99. The molecule has 0 aromatic heterocycles. The van der Waals surface area contributed by atoms with Crippen molar-refractivity contribution >= 4 is 5.91 Å². The lowest BCUT2D eigenvalue weighted by atomic mass is 9.96. The normalized spacial score (nSPS) is 28.3. The molecular weight excluding hydrogens is 1180 g/mol. The van der Waals surface area contributed by atoms with Gasteiger partial charge in [0.05, 0.1) is 38.6 Å². The number of hydrogen-bond acceptors (Lipinski definition) is 18. The zero-order valence-corrected chi connectivity index (χ0v) is 56.0. The highest BCUT2D eigenvalue weighted by Gasteiger charge is 2.53. The van der Waals surface area contributed by atoms with Crippen LogP contribution in [0.15, 0.2) is 97.2 Å². The molecule has 92 heavy (non-hydrogen) atoms. The fraction of sp³-hybridized carbons (Fsp3) is 0.767. The summed E-state index contributed by atoms with van der Waals surface area (Å²) in [6.07, 6.45) is 44.1. The number of nitrogens with one attached hydrogen (secondary N) is 1. The maximum absolute atomic E-state index is 13.4. The number of carbonyl (C=O) groups is 1. The maximum atomic E-state index is 13.4. The highest BCUT2D eigenvalue weighted by atomic mass is 16.8. The minimum Gasteiger partial charge on any atom is -0.394 e. The molecule has 19 heteroatoms. The summed E-state index contributed by atoms with van der Waals surface area (Å²) in [5, 5.41) is 120. The molecule has 17 unspecified atom stereocenters.